The second-order valence-corrected chi connectivity index (χ2v) is 6.64. The van der Waals surface area contributed by atoms with Gasteiger partial charge in [-0.2, -0.15) is 5.10 Å². The lowest BCUT2D eigenvalue weighted by atomic mass is 9.96. The molecule has 124 valence electrons. The van der Waals surface area contributed by atoms with Crippen molar-refractivity contribution in [3.8, 4) is 0 Å². The minimum Gasteiger partial charge on any atom is -0.478 e. The van der Waals surface area contributed by atoms with Crippen LogP contribution in [0.4, 0.5) is 0 Å². The maximum absolute atomic E-state index is 12.9. The Morgan fingerprint density at radius 2 is 2.04 bits per heavy atom. The van der Waals surface area contributed by atoms with Crippen molar-refractivity contribution in [3.63, 3.8) is 0 Å². The normalized spacial score (nSPS) is 16.8. The molecule has 0 bridgehead atoms. The minimum absolute atomic E-state index is 0.0259. The molecule has 1 saturated carbocycles. The first-order valence-corrected chi connectivity index (χ1v) is 8.21. The summed E-state index contributed by atoms with van der Waals surface area (Å²) in [7, 11) is 1.85. The van der Waals surface area contributed by atoms with Crippen molar-refractivity contribution in [1.82, 2.24) is 14.7 Å². The molecule has 0 unspecified atom stereocenters. The van der Waals surface area contributed by atoms with Crippen LogP contribution in [0.15, 0.2) is 24.4 Å². The number of carbonyl (C=O) groups is 2. The summed E-state index contributed by atoms with van der Waals surface area (Å²) in [5, 5.41) is 13.6. The lowest BCUT2D eigenvalue weighted by molar-refractivity contribution is 0.0691. The molecular weight excluding hydrogens is 306 g/mol. The van der Waals surface area contributed by atoms with Crippen LogP contribution in [0, 0.1) is 0 Å². The van der Waals surface area contributed by atoms with E-state index in [1.165, 1.54) is 0 Å². The Hall–Kier alpha value is -2.63. The number of nitrogens with zero attached hydrogens (tertiary/aromatic N) is 3. The first kappa shape index (κ1) is 14.9. The average molecular weight is 325 g/mol. The molecule has 2 aliphatic rings. The summed E-state index contributed by atoms with van der Waals surface area (Å²) in [4.78, 5) is 25.8. The van der Waals surface area contributed by atoms with Crippen molar-refractivity contribution in [2.45, 2.75) is 31.7 Å². The molecule has 1 amide bonds. The zero-order valence-corrected chi connectivity index (χ0v) is 13.5. The summed E-state index contributed by atoms with van der Waals surface area (Å²) < 4.78 is 1.72. The quantitative estimate of drug-likeness (QED) is 0.938. The molecule has 6 heteroatoms. The lowest BCUT2D eigenvalue weighted by Crippen LogP contribution is -2.36. The van der Waals surface area contributed by atoms with Gasteiger partial charge in [0.2, 0.25) is 0 Å². The molecule has 0 saturated heterocycles. The zero-order chi connectivity index (χ0) is 16.8. The fourth-order valence-corrected chi connectivity index (χ4v) is 3.36. The van der Waals surface area contributed by atoms with E-state index in [1.807, 2.05) is 24.2 Å². The summed E-state index contributed by atoms with van der Waals surface area (Å²) in [6, 6.07) is 5.15. The van der Waals surface area contributed by atoms with E-state index in [0.29, 0.717) is 36.6 Å². The van der Waals surface area contributed by atoms with Crippen molar-refractivity contribution >= 4 is 11.9 Å². The highest BCUT2D eigenvalue weighted by Gasteiger charge is 2.33. The van der Waals surface area contributed by atoms with Gasteiger partial charge in [0.1, 0.15) is 0 Å². The summed E-state index contributed by atoms with van der Waals surface area (Å²) in [6.45, 7) is 1.13. The average Bonchev–Trinajstić information content (AvgIpc) is 3.35. The highest BCUT2D eigenvalue weighted by atomic mass is 16.4. The third kappa shape index (κ3) is 2.58. The van der Waals surface area contributed by atoms with Crippen LogP contribution in [0.1, 0.15) is 56.3 Å². The maximum Gasteiger partial charge on any atom is 0.335 e. The van der Waals surface area contributed by atoms with E-state index < -0.39 is 5.97 Å². The monoisotopic (exact) mass is 325 g/mol. The Morgan fingerprint density at radius 3 is 2.75 bits per heavy atom. The maximum atomic E-state index is 12.9. The van der Waals surface area contributed by atoms with Crippen LogP contribution in [0.2, 0.25) is 0 Å². The van der Waals surface area contributed by atoms with E-state index in [-0.39, 0.29) is 5.91 Å². The number of aryl methyl sites for hydroxylation is 1. The van der Waals surface area contributed by atoms with Crippen LogP contribution < -0.4 is 0 Å². The van der Waals surface area contributed by atoms with Crippen molar-refractivity contribution in [1.29, 1.82) is 0 Å². The molecule has 2 aromatic rings. The Bertz CT molecular complexity index is 836. The molecule has 1 aliphatic carbocycles. The van der Waals surface area contributed by atoms with Gasteiger partial charge in [-0.1, -0.05) is 6.07 Å². The van der Waals surface area contributed by atoms with Gasteiger partial charge in [-0.15, -0.1) is 0 Å². The summed E-state index contributed by atoms with van der Waals surface area (Å²) in [6.07, 6.45) is 4.72. The van der Waals surface area contributed by atoms with Crippen molar-refractivity contribution in [2.24, 2.45) is 7.05 Å². The van der Waals surface area contributed by atoms with Gasteiger partial charge in [-0.05, 0) is 42.5 Å². The van der Waals surface area contributed by atoms with E-state index in [2.05, 4.69) is 5.10 Å². The predicted molar refractivity (Wildman–Crippen MR) is 87.0 cm³/mol. The topological polar surface area (TPSA) is 75.4 Å². The molecule has 0 atom stereocenters. The second kappa shape index (κ2) is 5.47. The first-order chi connectivity index (χ1) is 11.5. The van der Waals surface area contributed by atoms with Crippen LogP contribution in [0.5, 0.6) is 0 Å². The summed E-state index contributed by atoms with van der Waals surface area (Å²) >= 11 is 0. The number of fused-ring (bicyclic) bond motifs is 1. The number of amides is 1. The molecule has 2 heterocycles. The van der Waals surface area contributed by atoms with E-state index >= 15 is 0 Å². The first-order valence-electron chi connectivity index (χ1n) is 8.21. The lowest BCUT2D eigenvalue weighted by Gasteiger charge is -2.29. The molecule has 6 nitrogen and oxygen atoms in total. The second-order valence-electron chi connectivity index (χ2n) is 6.64. The molecule has 1 aliphatic heterocycles. The molecule has 0 spiro atoms. The van der Waals surface area contributed by atoms with Gasteiger partial charge in [-0.3, -0.25) is 9.48 Å². The Morgan fingerprint density at radius 1 is 1.25 bits per heavy atom. The van der Waals surface area contributed by atoms with E-state index in [9.17, 15) is 9.59 Å². The largest absolute Gasteiger partial charge is 0.478 e. The highest BCUT2D eigenvalue weighted by molar-refractivity contribution is 5.95. The molecule has 24 heavy (non-hydrogen) atoms. The van der Waals surface area contributed by atoms with Gasteiger partial charge in [0, 0.05) is 32.3 Å². The van der Waals surface area contributed by atoms with Gasteiger partial charge < -0.3 is 10.0 Å². The number of rotatable bonds is 3. The van der Waals surface area contributed by atoms with E-state index in [4.69, 9.17) is 5.11 Å². The number of hydrogen-bond donors (Lipinski definition) is 1. The number of carbonyl (C=O) groups excluding carboxylic acids is 1. The molecule has 0 radical (unpaired) electrons. The van der Waals surface area contributed by atoms with Crippen LogP contribution in [-0.2, 0) is 20.0 Å². The van der Waals surface area contributed by atoms with Crippen molar-refractivity contribution < 1.29 is 14.7 Å². The third-order valence-electron chi connectivity index (χ3n) is 4.80. The number of carboxylic acid groups (broad SMARTS) is 1. The fourth-order valence-electron chi connectivity index (χ4n) is 3.36. The predicted octanol–water partition coefficient (Wildman–Crippen LogP) is 2.19. The number of benzene rings is 1. The molecule has 1 N–H and O–H groups in total. The molecule has 1 aromatic carbocycles. The minimum atomic E-state index is -0.916. The molecule has 4 rings (SSSR count). The van der Waals surface area contributed by atoms with E-state index in [0.717, 1.165) is 29.7 Å². The summed E-state index contributed by atoms with van der Waals surface area (Å²) in [5.74, 6) is -0.459. The van der Waals surface area contributed by atoms with Crippen molar-refractivity contribution in [2.75, 3.05) is 6.54 Å². The van der Waals surface area contributed by atoms with Crippen LogP contribution in [0.3, 0.4) is 0 Å². The van der Waals surface area contributed by atoms with Gasteiger partial charge >= 0.3 is 5.97 Å². The van der Waals surface area contributed by atoms with Gasteiger partial charge in [0.15, 0.2) is 0 Å². The smallest absolute Gasteiger partial charge is 0.335 e. The molecule has 1 aromatic heterocycles. The van der Waals surface area contributed by atoms with Gasteiger partial charge in [-0.25, -0.2) is 4.79 Å². The number of carboxylic acids is 1. The highest BCUT2D eigenvalue weighted by Crippen LogP contribution is 2.41. The van der Waals surface area contributed by atoms with Gasteiger partial charge in [0.25, 0.3) is 5.91 Å². The van der Waals surface area contributed by atoms with Crippen LogP contribution in [0.25, 0.3) is 0 Å². The molecular formula is C18H19N3O3. The number of hydrogen-bond acceptors (Lipinski definition) is 3. The third-order valence-corrected chi connectivity index (χ3v) is 4.80. The van der Waals surface area contributed by atoms with Gasteiger partial charge in [0.05, 0.1) is 16.8 Å². The number of aromatic nitrogens is 2. The Balaban J connectivity index is 1.58. The SMILES string of the molecule is Cn1cc(C(=O)N2CCc3cc(C(=O)O)ccc3C2)c(C2CC2)n1. The standard InChI is InChI=1S/C18H19N3O3/c1-20-10-15(16(19-20)11-2-3-11)17(22)21-7-6-12-8-13(18(23)24)4-5-14(12)9-21/h4-5,8,10-11H,2-3,6-7,9H2,1H3,(H,23,24). The van der Waals surface area contributed by atoms with E-state index in [1.54, 1.807) is 16.8 Å². The zero-order valence-electron chi connectivity index (χ0n) is 13.5. The molecule has 1 fully saturated rings. The Labute approximate surface area is 139 Å². The fraction of sp³-hybridized carbons (Fsp3) is 0.389. The summed E-state index contributed by atoms with van der Waals surface area (Å²) in [5.41, 5.74) is 3.99. The number of aromatic carboxylic acids is 1. The van der Waals surface area contributed by atoms with Crippen LogP contribution >= 0.6 is 0 Å². The van der Waals surface area contributed by atoms with Crippen LogP contribution in [-0.4, -0.2) is 38.2 Å². The van der Waals surface area contributed by atoms with Crippen molar-refractivity contribution in [3.05, 3.63) is 52.3 Å². The Kier molecular flexibility index (Phi) is 3.40.